The number of nitrogens with two attached hydrogens (primary N) is 1. The topological polar surface area (TPSA) is 26.0 Å². The lowest BCUT2D eigenvalue weighted by molar-refractivity contribution is 0.568. The number of hydrogen-bond acceptors (Lipinski definition) is 1. The summed E-state index contributed by atoms with van der Waals surface area (Å²) in [5, 5.41) is 0. The zero-order valence-corrected chi connectivity index (χ0v) is 11.2. The summed E-state index contributed by atoms with van der Waals surface area (Å²) in [5.74, 6) is 0. The normalized spacial score (nSPS) is 12.8. The van der Waals surface area contributed by atoms with Gasteiger partial charge in [-0.25, -0.2) is 0 Å². The molecule has 0 aliphatic rings. The minimum Gasteiger partial charge on any atom is -0.328 e. The quantitative estimate of drug-likeness (QED) is 0.864. The van der Waals surface area contributed by atoms with Crippen LogP contribution in [0.5, 0.6) is 0 Å². The molecule has 1 unspecified atom stereocenters. The molecule has 0 fully saturated rings. The highest BCUT2D eigenvalue weighted by atomic mass is 79.9. The van der Waals surface area contributed by atoms with Crippen LogP contribution < -0.4 is 5.73 Å². The predicted octanol–water partition coefficient (Wildman–Crippen LogP) is 3.82. The highest BCUT2D eigenvalue weighted by Gasteiger charge is 2.01. The van der Waals surface area contributed by atoms with E-state index in [-0.39, 0.29) is 0 Å². The van der Waals surface area contributed by atoms with Crippen molar-refractivity contribution in [3.63, 3.8) is 0 Å². The molecule has 1 nitrogen and oxygen atoms in total. The van der Waals surface area contributed by atoms with Crippen LogP contribution in [0.2, 0.25) is 0 Å². The average Bonchev–Trinajstić information content (AvgIpc) is 2.23. The van der Waals surface area contributed by atoms with Gasteiger partial charge in [-0.3, -0.25) is 0 Å². The van der Waals surface area contributed by atoms with Crippen LogP contribution in [0.3, 0.4) is 0 Å². The molecule has 0 amide bonds. The fourth-order valence-corrected chi connectivity index (χ4v) is 1.88. The van der Waals surface area contributed by atoms with Gasteiger partial charge in [-0.15, -0.1) is 0 Å². The predicted molar refractivity (Wildman–Crippen MR) is 70.1 cm³/mol. The first kappa shape index (κ1) is 12.7. The van der Waals surface area contributed by atoms with Crippen molar-refractivity contribution in [2.45, 2.75) is 45.6 Å². The molecular weight excluding hydrogens is 250 g/mol. The van der Waals surface area contributed by atoms with E-state index in [0.29, 0.717) is 6.04 Å². The lowest BCUT2D eigenvalue weighted by Gasteiger charge is -2.08. The summed E-state index contributed by atoms with van der Waals surface area (Å²) in [6, 6.07) is 6.95. The third kappa shape index (κ3) is 4.35. The largest absolute Gasteiger partial charge is 0.328 e. The first-order valence-corrected chi connectivity index (χ1v) is 6.43. The Labute approximate surface area is 101 Å². The van der Waals surface area contributed by atoms with Gasteiger partial charge in [0.15, 0.2) is 0 Å². The Bertz CT molecular complexity index is 309. The molecule has 15 heavy (non-hydrogen) atoms. The highest BCUT2D eigenvalue weighted by Crippen LogP contribution is 2.18. The molecule has 1 aromatic carbocycles. The van der Waals surface area contributed by atoms with Crippen LogP contribution in [0.25, 0.3) is 0 Å². The van der Waals surface area contributed by atoms with E-state index in [4.69, 9.17) is 5.73 Å². The van der Waals surface area contributed by atoms with Gasteiger partial charge in [0, 0.05) is 10.5 Å². The van der Waals surface area contributed by atoms with Crippen LogP contribution >= 0.6 is 15.9 Å². The van der Waals surface area contributed by atoms with Crippen molar-refractivity contribution < 1.29 is 0 Å². The zero-order valence-electron chi connectivity index (χ0n) is 9.59. The molecule has 1 aromatic rings. The first-order valence-electron chi connectivity index (χ1n) is 5.64. The molecule has 0 saturated heterocycles. The van der Waals surface area contributed by atoms with Gasteiger partial charge >= 0.3 is 0 Å². The smallest absolute Gasteiger partial charge is 0.0204 e. The SMILES string of the molecule is CCC(N)CCCc1ccc(Br)c(C)c1. The maximum Gasteiger partial charge on any atom is 0.0204 e. The van der Waals surface area contributed by atoms with Crippen LogP contribution in [-0.2, 0) is 6.42 Å². The lowest BCUT2D eigenvalue weighted by atomic mass is 10.0. The van der Waals surface area contributed by atoms with E-state index in [1.54, 1.807) is 0 Å². The highest BCUT2D eigenvalue weighted by molar-refractivity contribution is 9.10. The fraction of sp³-hybridized carbons (Fsp3) is 0.538. The van der Waals surface area contributed by atoms with Crippen LogP contribution in [0.15, 0.2) is 22.7 Å². The van der Waals surface area contributed by atoms with Crippen LogP contribution in [0, 0.1) is 6.92 Å². The van der Waals surface area contributed by atoms with Gasteiger partial charge in [0.1, 0.15) is 0 Å². The summed E-state index contributed by atoms with van der Waals surface area (Å²) in [6.45, 7) is 4.28. The van der Waals surface area contributed by atoms with Gasteiger partial charge in [-0.2, -0.15) is 0 Å². The van der Waals surface area contributed by atoms with Crippen molar-refractivity contribution in [3.05, 3.63) is 33.8 Å². The number of rotatable bonds is 5. The Morgan fingerprint density at radius 1 is 1.40 bits per heavy atom. The molecule has 84 valence electrons. The van der Waals surface area contributed by atoms with Gasteiger partial charge in [-0.1, -0.05) is 35.0 Å². The number of halogens is 1. The van der Waals surface area contributed by atoms with Crippen LogP contribution in [-0.4, -0.2) is 6.04 Å². The van der Waals surface area contributed by atoms with Gasteiger partial charge in [0.2, 0.25) is 0 Å². The molecule has 0 heterocycles. The lowest BCUT2D eigenvalue weighted by Crippen LogP contribution is -2.18. The minimum absolute atomic E-state index is 0.376. The molecule has 0 radical (unpaired) electrons. The second-order valence-electron chi connectivity index (χ2n) is 4.14. The Balaban J connectivity index is 2.41. The van der Waals surface area contributed by atoms with Crippen LogP contribution in [0.1, 0.15) is 37.3 Å². The maximum atomic E-state index is 5.88. The average molecular weight is 270 g/mol. The third-order valence-electron chi connectivity index (χ3n) is 2.79. The molecule has 1 rings (SSSR count). The van der Waals surface area contributed by atoms with Crippen molar-refractivity contribution in [2.75, 3.05) is 0 Å². The van der Waals surface area contributed by atoms with Crippen molar-refractivity contribution in [1.82, 2.24) is 0 Å². The molecule has 1 atom stereocenters. The Hall–Kier alpha value is -0.340. The Kier molecular flexibility index (Phi) is 5.34. The molecule has 2 heteroatoms. The third-order valence-corrected chi connectivity index (χ3v) is 3.68. The Morgan fingerprint density at radius 2 is 2.13 bits per heavy atom. The summed E-state index contributed by atoms with van der Waals surface area (Å²) in [6.07, 6.45) is 4.54. The first-order chi connectivity index (χ1) is 7.13. The Morgan fingerprint density at radius 3 is 2.73 bits per heavy atom. The van der Waals surface area contributed by atoms with Gasteiger partial charge in [0.05, 0.1) is 0 Å². The van der Waals surface area contributed by atoms with Gasteiger partial charge < -0.3 is 5.73 Å². The van der Waals surface area contributed by atoms with Crippen LogP contribution in [0.4, 0.5) is 0 Å². The molecule has 0 aliphatic heterocycles. The van der Waals surface area contributed by atoms with Crippen molar-refractivity contribution in [1.29, 1.82) is 0 Å². The monoisotopic (exact) mass is 269 g/mol. The summed E-state index contributed by atoms with van der Waals surface area (Å²) in [7, 11) is 0. The van der Waals surface area contributed by atoms with E-state index < -0.39 is 0 Å². The van der Waals surface area contributed by atoms with E-state index in [1.807, 2.05) is 0 Å². The summed E-state index contributed by atoms with van der Waals surface area (Å²) < 4.78 is 1.19. The summed E-state index contributed by atoms with van der Waals surface area (Å²) >= 11 is 3.51. The second kappa shape index (κ2) is 6.29. The maximum absolute atomic E-state index is 5.88. The number of aryl methyl sites for hydroxylation is 2. The van der Waals surface area contributed by atoms with E-state index >= 15 is 0 Å². The van der Waals surface area contributed by atoms with Gasteiger partial charge in [0.25, 0.3) is 0 Å². The summed E-state index contributed by atoms with van der Waals surface area (Å²) in [4.78, 5) is 0. The summed E-state index contributed by atoms with van der Waals surface area (Å²) in [5.41, 5.74) is 8.61. The fourth-order valence-electron chi connectivity index (χ4n) is 1.63. The second-order valence-corrected chi connectivity index (χ2v) is 5.00. The zero-order chi connectivity index (χ0) is 11.3. The molecule has 0 aliphatic carbocycles. The van der Waals surface area contributed by atoms with Crippen molar-refractivity contribution in [3.8, 4) is 0 Å². The molecule has 2 N–H and O–H groups in total. The molecule has 0 spiro atoms. The number of hydrogen-bond donors (Lipinski definition) is 1. The van der Waals surface area contributed by atoms with Gasteiger partial charge in [-0.05, 0) is 49.8 Å². The molecule has 0 bridgehead atoms. The minimum atomic E-state index is 0.376. The van der Waals surface area contributed by atoms with Crippen molar-refractivity contribution in [2.24, 2.45) is 5.73 Å². The molecule has 0 aromatic heterocycles. The standard InChI is InChI=1S/C13H20BrN/c1-3-12(15)6-4-5-11-7-8-13(14)10(2)9-11/h7-9,12H,3-6,15H2,1-2H3. The van der Waals surface area contributed by atoms with E-state index in [1.165, 1.54) is 22.0 Å². The van der Waals surface area contributed by atoms with Crippen molar-refractivity contribution >= 4 is 15.9 Å². The molecule has 0 saturated carbocycles. The van der Waals surface area contributed by atoms with E-state index in [0.717, 1.165) is 19.3 Å². The van der Waals surface area contributed by atoms with E-state index in [9.17, 15) is 0 Å². The molecular formula is C13H20BrN. The van der Waals surface area contributed by atoms with E-state index in [2.05, 4.69) is 48.0 Å². The number of benzene rings is 1.